The van der Waals surface area contributed by atoms with Gasteiger partial charge in [0.05, 0.1) is 22.5 Å². The quantitative estimate of drug-likeness (QED) is 0.464. The largest absolute Gasteiger partial charge is 0.481 e. The van der Waals surface area contributed by atoms with Crippen molar-refractivity contribution in [2.45, 2.75) is 64.8 Å². The van der Waals surface area contributed by atoms with Gasteiger partial charge in [0.25, 0.3) is 0 Å². The van der Waals surface area contributed by atoms with E-state index in [4.69, 9.17) is 16.7 Å². The van der Waals surface area contributed by atoms with Gasteiger partial charge in [-0.2, -0.15) is 13.2 Å². The van der Waals surface area contributed by atoms with E-state index in [1.54, 1.807) is 6.07 Å². The summed E-state index contributed by atoms with van der Waals surface area (Å²) in [6, 6.07) is 3.05. The zero-order valence-electron chi connectivity index (χ0n) is 19.2. The summed E-state index contributed by atoms with van der Waals surface area (Å²) in [4.78, 5) is 25.7. The standard InChI is InChI=1S/C23H31ClF4N2O3/c1-13(21(32)33)11-15-5-6-17(24)18(12-15)29-20(31)19(14(2)23(26,27)28)30-9-7-16(8-10-30)22(3,4)25/h5-6,12-14,16,19H,7-11H2,1-4H3,(H,29,31)(H,32,33). The summed E-state index contributed by atoms with van der Waals surface area (Å²) in [6.07, 6.45) is -3.74. The number of carboxylic acid groups (broad SMARTS) is 1. The Bertz CT molecular complexity index is 849. The van der Waals surface area contributed by atoms with Crippen LogP contribution in [0.4, 0.5) is 23.2 Å². The minimum atomic E-state index is -4.61. The third-order valence-corrected chi connectivity index (χ3v) is 6.73. The number of carbonyl (C=O) groups is 2. The average Bonchev–Trinajstić information content (AvgIpc) is 2.69. The number of halogens is 5. The lowest BCUT2D eigenvalue weighted by Crippen LogP contribution is -2.55. The van der Waals surface area contributed by atoms with Gasteiger partial charge in [-0.15, -0.1) is 0 Å². The molecular weight excluding hydrogens is 464 g/mol. The first kappa shape index (κ1) is 27.4. The van der Waals surface area contributed by atoms with Crippen LogP contribution in [0.5, 0.6) is 0 Å². The molecule has 0 spiro atoms. The Morgan fingerprint density at radius 1 is 1.18 bits per heavy atom. The third-order valence-electron chi connectivity index (χ3n) is 6.40. The van der Waals surface area contributed by atoms with Gasteiger partial charge in [0.15, 0.2) is 0 Å². The molecular formula is C23H31ClF4N2O3. The van der Waals surface area contributed by atoms with Gasteiger partial charge in [-0.05, 0) is 69.8 Å². The Morgan fingerprint density at radius 2 is 1.76 bits per heavy atom. The van der Waals surface area contributed by atoms with Gasteiger partial charge in [-0.3, -0.25) is 14.5 Å². The normalized spacial score (nSPS) is 19.1. The number of nitrogens with one attached hydrogen (secondary N) is 1. The molecule has 0 aliphatic carbocycles. The monoisotopic (exact) mass is 494 g/mol. The second-order valence-corrected chi connectivity index (χ2v) is 9.80. The number of likely N-dealkylation sites (tertiary alicyclic amines) is 1. The molecule has 10 heteroatoms. The van der Waals surface area contributed by atoms with E-state index in [0.717, 1.165) is 6.92 Å². The van der Waals surface area contributed by atoms with E-state index in [1.165, 1.54) is 37.8 Å². The van der Waals surface area contributed by atoms with E-state index in [9.17, 15) is 27.2 Å². The topological polar surface area (TPSA) is 69.6 Å². The van der Waals surface area contributed by atoms with Gasteiger partial charge < -0.3 is 10.4 Å². The van der Waals surface area contributed by atoms with Crippen molar-refractivity contribution in [2.75, 3.05) is 18.4 Å². The van der Waals surface area contributed by atoms with E-state index < -0.39 is 41.6 Å². The van der Waals surface area contributed by atoms with Crippen LogP contribution >= 0.6 is 11.6 Å². The number of anilines is 1. The Morgan fingerprint density at radius 3 is 2.24 bits per heavy atom. The number of amides is 1. The molecule has 0 bridgehead atoms. The molecule has 0 saturated carbocycles. The van der Waals surface area contributed by atoms with Crippen LogP contribution in [-0.2, 0) is 16.0 Å². The lowest BCUT2D eigenvalue weighted by molar-refractivity contribution is -0.189. The van der Waals surface area contributed by atoms with Crippen LogP contribution in [0.3, 0.4) is 0 Å². The summed E-state index contributed by atoms with van der Waals surface area (Å²) in [5.41, 5.74) is -0.743. The number of benzene rings is 1. The lowest BCUT2D eigenvalue weighted by Gasteiger charge is -2.41. The fraction of sp³-hybridized carbons (Fsp3) is 0.652. The average molecular weight is 495 g/mol. The highest BCUT2D eigenvalue weighted by atomic mass is 35.5. The maximum Gasteiger partial charge on any atom is 0.393 e. The van der Waals surface area contributed by atoms with Crippen molar-refractivity contribution in [2.24, 2.45) is 17.8 Å². The van der Waals surface area contributed by atoms with Gasteiger partial charge >= 0.3 is 12.1 Å². The van der Waals surface area contributed by atoms with Crippen molar-refractivity contribution in [3.63, 3.8) is 0 Å². The molecule has 1 aromatic carbocycles. The summed E-state index contributed by atoms with van der Waals surface area (Å²) in [5, 5.41) is 11.7. The first-order valence-electron chi connectivity index (χ1n) is 10.9. The third kappa shape index (κ3) is 7.30. The number of nitrogens with zero attached hydrogens (tertiary/aromatic N) is 1. The van der Waals surface area contributed by atoms with Crippen molar-refractivity contribution >= 4 is 29.2 Å². The highest BCUT2D eigenvalue weighted by Crippen LogP contribution is 2.36. The fourth-order valence-corrected chi connectivity index (χ4v) is 4.36. The van der Waals surface area contributed by atoms with Gasteiger partial charge in [-0.25, -0.2) is 4.39 Å². The summed E-state index contributed by atoms with van der Waals surface area (Å²) in [6.45, 7) is 5.73. The number of hydrogen-bond donors (Lipinski definition) is 2. The molecule has 1 amide bonds. The SMILES string of the molecule is CC(Cc1ccc(Cl)c(NC(=O)C(C(C)C(F)(F)F)N2CCC(C(C)(C)F)CC2)c1)C(=O)O. The van der Waals surface area contributed by atoms with Crippen LogP contribution in [0.1, 0.15) is 46.1 Å². The number of piperidine rings is 1. The fourth-order valence-electron chi connectivity index (χ4n) is 4.19. The molecule has 1 aliphatic rings. The summed E-state index contributed by atoms with van der Waals surface area (Å²) < 4.78 is 55.2. The molecule has 186 valence electrons. The molecule has 1 fully saturated rings. The zero-order chi connectivity index (χ0) is 25.1. The van der Waals surface area contributed by atoms with Crippen molar-refractivity contribution in [1.82, 2.24) is 4.90 Å². The van der Waals surface area contributed by atoms with Crippen molar-refractivity contribution in [3.05, 3.63) is 28.8 Å². The molecule has 3 atom stereocenters. The first-order chi connectivity index (χ1) is 15.1. The predicted octanol–water partition coefficient (Wildman–Crippen LogP) is 5.57. The molecule has 1 heterocycles. The first-order valence-corrected chi connectivity index (χ1v) is 11.3. The molecule has 1 saturated heterocycles. The van der Waals surface area contributed by atoms with E-state index in [0.29, 0.717) is 18.4 Å². The Hall–Kier alpha value is -1.87. The molecule has 2 N–H and O–H groups in total. The maximum atomic E-state index is 14.3. The van der Waals surface area contributed by atoms with Gasteiger partial charge in [0, 0.05) is 0 Å². The van der Waals surface area contributed by atoms with Crippen molar-refractivity contribution < 1.29 is 32.3 Å². The van der Waals surface area contributed by atoms with Crippen LogP contribution in [0.15, 0.2) is 18.2 Å². The van der Waals surface area contributed by atoms with Crippen LogP contribution in [0, 0.1) is 17.8 Å². The molecule has 1 aliphatic heterocycles. The number of aliphatic carboxylic acids is 1. The lowest BCUT2D eigenvalue weighted by atomic mass is 9.83. The highest BCUT2D eigenvalue weighted by molar-refractivity contribution is 6.33. The van der Waals surface area contributed by atoms with E-state index >= 15 is 0 Å². The van der Waals surface area contributed by atoms with Crippen LogP contribution in [-0.4, -0.2) is 52.9 Å². The number of rotatable bonds is 8. The van der Waals surface area contributed by atoms with Gasteiger partial charge in [0.2, 0.25) is 5.91 Å². The summed E-state index contributed by atoms with van der Waals surface area (Å²) in [7, 11) is 0. The van der Waals surface area contributed by atoms with E-state index in [-0.39, 0.29) is 36.1 Å². The molecule has 0 aromatic heterocycles. The van der Waals surface area contributed by atoms with Gasteiger partial charge in [0.1, 0.15) is 11.7 Å². The molecule has 0 radical (unpaired) electrons. The Labute approximate surface area is 196 Å². The zero-order valence-corrected chi connectivity index (χ0v) is 19.9. The molecule has 33 heavy (non-hydrogen) atoms. The maximum absolute atomic E-state index is 14.3. The van der Waals surface area contributed by atoms with Gasteiger partial charge in [-0.1, -0.05) is 31.5 Å². The summed E-state index contributed by atoms with van der Waals surface area (Å²) in [5.74, 6) is -4.78. The molecule has 5 nitrogen and oxygen atoms in total. The van der Waals surface area contributed by atoms with E-state index in [1.807, 2.05) is 0 Å². The molecule has 2 rings (SSSR count). The van der Waals surface area contributed by atoms with Crippen LogP contribution in [0.2, 0.25) is 5.02 Å². The minimum Gasteiger partial charge on any atom is -0.481 e. The molecule has 1 aromatic rings. The highest BCUT2D eigenvalue weighted by Gasteiger charge is 2.48. The second-order valence-electron chi connectivity index (χ2n) is 9.40. The van der Waals surface area contributed by atoms with Crippen molar-refractivity contribution in [3.8, 4) is 0 Å². The number of alkyl halides is 4. The Kier molecular flexibility index (Phi) is 8.79. The van der Waals surface area contributed by atoms with E-state index in [2.05, 4.69) is 5.32 Å². The minimum absolute atomic E-state index is 0.121. The van der Waals surface area contributed by atoms with Crippen LogP contribution < -0.4 is 5.32 Å². The number of carboxylic acids is 1. The predicted molar refractivity (Wildman–Crippen MR) is 119 cm³/mol. The number of hydrogen-bond acceptors (Lipinski definition) is 3. The summed E-state index contributed by atoms with van der Waals surface area (Å²) >= 11 is 6.16. The smallest absolute Gasteiger partial charge is 0.393 e. The molecule has 3 unspecified atom stereocenters. The number of carbonyl (C=O) groups excluding carboxylic acids is 1. The second kappa shape index (κ2) is 10.6. The van der Waals surface area contributed by atoms with Crippen molar-refractivity contribution in [1.29, 1.82) is 0 Å². The Balaban J connectivity index is 2.25. The van der Waals surface area contributed by atoms with Crippen LogP contribution in [0.25, 0.3) is 0 Å².